The molecule has 39 heavy (non-hydrogen) atoms. The molecule has 2 fully saturated rings. The first kappa shape index (κ1) is 30.4. The molecular formula is C26H38N4O8S. The third-order valence-corrected chi connectivity index (χ3v) is 7.93. The standard InChI is InChI=1S/C26H38N4O8S/c1-26(2,3)38-25(35)29-16-14-28(15-17-29)22(31)12-11-20(23(32)30-13-7-10-21(30)24(33)34)27-39(36,37)18-19-8-5-4-6-9-19/h4-6,8-9,20-21,27H,7,10-18H2,1-3H3,(H,33,34)/t20-,21+/m1/s1. The number of benzene rings is 1. The van der Waals surface area contributed by atoms with Gasteiger partial charge < -0.3 is 24.5 Å². The highest BCUT2D eigenvalue weighted by molar-refractivity contribution is 7.88. The molecule has 0 bridgehead atoms. The number of rotatable bonds is 9. The second kappa shape index (κ2) is 12.8. The Morgan fingerprint density at radius 2 is 1.64 bits per heavy atom. The van der Waals surface area contributed by atoms with Crippen LogP contribution in [0.25, 0.3) is 0 Å². The largest absolute Gasteiger partial charge is 0.480 e. The van der Waals surface area contributed by atoms with E-state index in [-0.39, 0.29) is 50.6 Å². The Bertz CT molecular complexity index is 1140. The van der Waals surface area contributed by atoms with E-state index in [1.165, 1.54) is 9.80 Å². The van der Waals surface area contributed by atoms with E-state index in [2.05, 4.69) is 4.72 Å². The van der Waals surface area contributed by atoms with E-state index >= 15 is 0 Å². The van der Waals surface area contributed by atoms with E-state index in [1.807, 2.05) is 0 Å². The molecule has 0 saturated carbocycles. The number of aliphatic carboxylic acids is 1. The van der Waals surface area contributed by atoms with E-state index in [0.717, 1.165) is 0 Å². The first-order valence-corrected chi connectivity index (χ1v) is 14.7. The van der Waals surface area contributed by atoms with Gasteiger partial charge in [-0.1, -0.05) is 30.3 Å². The molecule has 12 nitrogen and oxygen atoms in total. The van der Waals surface area contributed by atoms with Crippen LogP contribution < -0.4 is 4.72 Å². The zero-order valence-corrected chi connectivity index (χ0v) is 23.5. The first-order chi connectivity index (χ1) is 18.3. The van der Waals surface area contributed by atoms with Gasteiger partial charge in [0.05, 0.1) is 5.75 Å². The van der Waals surface area contributed by atoms with E-state index in [9.17, 15) is 32.7 Å². The molecule has 0 aliphatic carbocycles. The lowest BCUT2D eigenvalue weighted by Gasteiger charge is -2.36. The van der Waals surface area contributed by atoms with E-state index in [0.29, 0.717) is 25.1 Å². The normalized spacial score (nSPS) is 19.1. The number of likely N-dealkylation sites (tertiary alicyclic amines) is 1. The summed E-state index contributed by atoms with van der Waals surface area (Å²) in [6, 6.07) is 6.15. The number of hydrogen-bond donors (Lipinski definition) is 2. The summed E-state index contributed by atoms with van der Waals surface area (Å²) in [6.07, 6.45) is 0.0772. The summed E-state index contributed by atoms with van der Waals surface area (Å²) in [6.45, 7) is 6.67. The molecule has 1 aromatic rings. The SMILES string of the molecule is CC(C)(C)OC(=O)N1CCN(C(=O)CC[C@@H](NS(=O)(=O)Cc2ccccc2)C(=O)N2CCC[C@H]2C(=O)O)CC1. The molecule has 0 spiro atoms. The second-order valence-corrected chi connectivity index (χ2v) is 12.6. The van der Waals surface area contributed by atoms with Crippen molar-refractivity contribution >= 4 is 33.9 Å². The number of amides is 3. The molecule has 0 aromatic heterocycles. The Morgan fingerprint density at radius 3 is 2.23 bits per heavy atom. The highest BCUT2D eigenvalue weighted by Crippen LogP contribution is 2.21. The number of carboxylic acid groups (broad SMARTS) is 1. The molecule has 2 aliphatic rings. The van der Waals surface area contributed by atoms with Crippen LogP contribution in [0.4, 0.5) is 4.79 Å². The van der Waals surface area contributed by atoms with Crippen molar-refractivity contribution in [2.75, 3.05) is 32.7 Å². The summed E-state index contributed by atoms with van der Waals surface area (Å²) in [5.41, 5.74) is -0.103. The van der Waals surface area contributed by atoms with Gasteiger partial charge in [-0.05, 0) is 45.6 Å². The molecule has 2 atom stereocenters. The van der Waals surface area contributed by atoms with Gasteiger partial charge in [-0.25, -0.2) is 22.7 Å². The van der Waals surface area contributed by atoms with Crippen LogP contribution in [0, 0.1) is 0 Å². The molecule has 2 heterocycles. The Balaban J connectivity index is 1.65. The number of carboxylic acids is 1. The second-order valence-electron chi connectivity index (χ2n) is 10.8. The zero-order chi connectivity index (χ0) is 28.8. The van der Waals surface area contributed by atoms with Gasteiger partial charge in [0.25, 0.3) is 0 Å². The minimum Gasteiger partial charge on any atom is -0.480 e. The topological polar surface area (TPSA) is 154 Å². The van der Waals surface area contributed by atoms with Crippen LogP contribution in [0.5, 0.6) is 0 Å². The Kier molecular flexibility index (Phi) is 9.94. The van der Waals surface area contributed by atoms with Crippen molar-refractivity contribution in [2.45, 2.75) is 69.9 Å². The van der Waals surface area contributed by atoms with Gasteiger partial charge in [0, 0.05) is 39.1 Å². The summed E-state index contributed by atoms with van der Waals surface area (Å²) in [5, 5.41) is 9.52. The van der Waals surface area contributed by atoms with Gasteiger partial charge >= 0.3 is 12.1 Å². The maximum absolute atomic E-state index is 13.4. The van der Waals surface area contributed by atoms with Gasteiger partial charge in [-0.15, -0.1) is 0 Å². The third-order valence-electron chi connectivity index (χ3n) is 6.57. The maximum Gasteiger partial charge on any atom is 0.410 e. The van der Waals surface area contributed by atoms with Crippen LogP contribution >= 0.6 is 0 Å². The van der Waals surface area contributed by atoms with Gasteiger partial charge in [0.1, 0.15) is 17.7 Å². The van der Waals surface area contributed by atoms with Gasteiger partial charge in [0.15, 0.2) is 0 Å². The average Bonchev–Trinajstić information content (AvgIpc) is 3.36. The predicted octanol–water partition coefficient (Wildman–Crippen LogP) is 1.41. The molecule has 1 aromatic carbocycles. The highest BCUT2D eigenvalue weighted by Gasteiger charge is 2.39. The minimum atomic E-state index is -3.98. The van der Waals surface area contributed by atoms with Gasteiger partial charge in [-0.2, -0.15) is 0 Å². The fourth-order valence-corrected chi connectivity index (χ4v) is 6.03. The third kappa shape index (κ3) is 8.92. The van der Waals surface area contributed by atoms with Gasteiger partial charge in [-0.3, -0.25) is 9.59 Å². The molecule has 0 radical (unpaired) electrons. The lowest BCUT2D eigenvalue weighted by atomic mass is 10.1. The van der Waals surface area contributed by atoms with Crippen molar-refractivity contribution in [3.8, 4) is 0 Å². The average molecular weight is 567 g/mol. The molecule has 13 heteroatoms. The summed E-state index contributed by atoms with van der Waals surface area (Å²) in [4.78, 5) is 54.6. The van der Waals surface area contributed by atoms with Crippen LogP contribution in [0.1, 0.15) is 52.0 Å². The quantitative estimate of drug-likeness (QED) is 0.455. The summed E-state index contributed by atoms with van der Waals surface area (Å²) in [5.74, 6) is -2.44. The predicted molar refractivity (Wildman–Crippen MR) is 142 cm³/mol. The van der Waals surface area contributed by atoms with Crippen LogP contribution in [-0.2, 0) is 34.9 Å². The summed E-state index contributed by atoms with van der Waals surface area (Å²) < 4.78 is 33.7. The van der Waals surface area contributed by atoms with Crippen molar-refractivity contribution < 1.29 is 37.4 Å². The van der Waals surface area contributed by atoms with Crippen molar-refractivity contribution in [2.24, 2.45) is 0 Å². The van der Waals surface area contributed by atoms with Crippen LogP contribution in [0.15, 0.2) is 30.3 Å². The van der Waals surface area contributed by atoms with E-state index in [4.69, 9.17) is 4.74 Å². The molecular weight excluding hydrogens is 528 g/mol. The van der Waals surface area contributed by atoms with E-state index in [1.54, 1.807) is 56.0 Å². The molecule has 3 rings (SSSR count). The van der Waals surface area contributed by atoms with Gasteiger partial charge in [0.2, 0.25) is 21.8 Å². The number of nitrogens with zero attached hydrogens (tertiary/aromatic N) is 3. The lowest BCUT2D eigenvalue weighted by Crippen LogP contribution is -2.53. The molecule has 3 amide bonds. The minimum absolute atomic E-state index is 0.123. The fraction of sp³-hybridized carbons (Fsp3) is 0.615. The fourth-order valence-electron chi connectivity index (χ4n) is 4.66. The smallest absolute Gasteiger partial charge is 0.410 e. The number of sulfonamides is 1. The Hall–Kier alpha value is -3.19. The van der Waals surface area contributed by atoms with Crippen molar-refractivity contribution in [1.82, 2.24) is 19.4 Å². The zero-order valence-electron chi connectivity index (χ0n) is 22.7. The number of ether oxygens (including phenoxy) is 1. The molecule has 2 saturated heterocycles. The Labute approximate surface area is 229 Å². The highest BCUT2D eigenvalue weighted by atomic mass is 32.2. The van der Waals surface area contributed by atoms with Crippen LogP contribution in [0.2, 0.25) is 0 Å². The summed E-state index contributed by atoms with van der Waals surface area (Å²) >= 11 is 0. The summed E-state index contributed by atoms with van der Waals surface area (Å²) in [7, 11) is -3.98. The molecule has 216 valence electrons. The molecule has 2 N–H and O–H groups in total. The molecule has 2 aliphatic heterocycles. The monoisotopic (exact) mass is 566 g/mol. The Morgan fingerprint density at radius 1 is 1.03 bits per heavy atom. The number of piperazine rings is 1. The molecule has 0 unspecified atom stereocenters. The van der Waals surface area contributed by atoms with Crippen molar-refractivity contribution in [3.05, 3.63) is 35.9 Å². The lowest BCUT2D eigenvalue weighted by molar-refractivity contribution is -0.149. The number of hydrogen-bond acceptors (Lipinski definition) is 7. The maximum atomic E-state index is 13.4. The van der Waals surface area contributed by atoms with Crippen molar-refractivity contribution in [3.63, 3.8) is 0 Å². The first-order valence-electron chi connectivity index (χ1n) is 13.1. The number of carbonyl (C=O) groups excluding carboxylic acids is 3. The van der Waals surface area contributed by atoms with Crippen LogP contribution in [-0.4, -0.2) is 103 Å². The van der Waals surface area contributed by atoms with Crippen molar-refractivity contribution in [1.29, 1.82) is 0 Å². The van der Waals surface area contributed by atoms with Crippen LogP contribution in [0.3, 0.4) is 0 Å². The number of nitrogens with one attached hydrogen (secondary N) is 1. The van der Waals surface area contributed by atoms with E-state index < -0.39 is 45.7 Å². The number of carbonyl (C=O) groups is 4.